The number of aliphatic hydroxyl groups excluding tert-OH is 1. The Morgan fingerprint density at radius 1 is 1.18 bits per heavy atom. The molecule has 150 valence electrons. The van der Waals surface area contributed by atoms with Crippen LogP contribution in [0.1, 0.15) is 42.5 Å². The highest BCUT2D eigenvalue weighted by Gasteiger charge is 2.53. The summed E-state index contributed by atoms with van der Waals surface area (Å²) in [4.78, 5) is 39.4. The molecule has 7 nitrogen and oxygen atoms in total. The monoisotopic (exact) mass is 387 g/mol. The minimum absolute atomic E-state index is 0.0445. The van der Waals surface area contributed by atoms with E-state index in [1.165, 1.54) is 7.11 Å². The van der Waals surface area contributed by atoms with Crippen LogP contribution in [0.3, 0.4) is 0 Å². The van der Waals surface area contributed by atoms with Crippen molar-refractivity contribution in [1.29, 1.82) is 0 Å². The van der Waals surface area contributed by atoms with Gasteiger partial charge in [0.1, 0.15) is 12.0 Å². The number of ether oxygens (including phenoxy) is 2. The van der Waals surface area contributed by atoms with E-state index in [4.69, 9.17) is 9.47 Å². The number of methoxy groups -OCH3 is 1. The lowest BCUT2D eigenvalue weighted by Crippen LogP contribution is -2.56. The zero-order valence-corrected chi connectivity index (χ0v) is 15.9. The van der Waals surface area contributed by atoms with Crippen molar-refractivity contribution in [2.75, 3.05) is 7.11 Å². The largest absolute Gasteiger partial charge is 0.513 e. The number of hydrogen-bond donors (Lipinski definition) is 1. The number of hydrogen-bond acceptors (Lipinski definition) is 6. The van der Waals surface area contributed by atoms with Gasteiger partial charge in [-0.3, -0.25) is 9.59 Å². The first-order valence-corrected chi connectivity index (χ1v) is 9.44. The predicted molar refractivity (Wildman–Crippen MR) is 100 cm³/mol. The zero-order chi connectivity index (χ0) is 20.3. The van der Waals surface area contributed by atoms with Crippen molar-refractivity contribution in [1.82, 2.24) is 4.90 Å². The minimum Gasteiger partial charge on any atom is -0.513 e. The topological polar surface area (TPSA) is 93.1 Å². The van der Waals surface area contributed by atoms with Gasteiger partial charge in [0.2, 0.25) is 5.91 Å². The summed E-state index contributed by atoms with van der Waals surface area (Å²) in [6, 6.07) is 8.13. The normalized spacial score (nSPS) is 25.8. The Balaban J connectivity index is 1.78. The summed E-state index contributed by atoms with van der Waals surface area (Å²) in [5, 5.41) is 9.28. The number of benzene rings is 1. The number of piperidine rings is 1. The van der Waals surface area contributed by atoms with Crippen LogP contribution < -0.4 is 0 Å². The molecule has 4 atom stereocenters. The van der Waals surface area contributed by atoms with E-state index in [0.29, 0.717) is 18.4 Å². The Labute approximate surface area is 163 Å². The van der Waals surface area contributed by atoms with Crippen LogP contribution in [0.5, 0.6) is 0 Å². The van der Waals surface area contributed by atoms with E-state index in [1.807, 2.05) is 0 Å². The van der Waals surface area contributed by atoms with Gasteiger partial charge in [0.25, 0.3) is 0 Å². The van der Waals surface area contributed by atoms with Gasteiger partial charge in [-0.2, -0.15) is 0 Å². The molecule has 2 heterocycles. The van der Waals surface area contributed by atoms with E-state index < -0.39 is 24.0 Å². The fourth-order valence-corrected chi connectivity index (χ4v) is 4.27. The highest BCUT2D eigenvalue weighted by molar-refractivity contribution is 5.90. The van der Waals surface area contributed by atoms with Gasteiger partial charge in [-0.25, -0.2) is 4.79 Å². The number of carbonyl (C=O) groups is 3. The molecule has 28 heavy (non-hydrogen) atoms. The molecule has 2 aliphatic rings. The molecule has 1 aromatic rings. The number of aliphatic hydroxyl groups is 1. The maximum Gasteiger partial charge on any atom is 0.338 e. The van der Waals surface area contributed by atoms with E-state index in [1.54, 1.807) is 35.2 Å². The molecule has 2 bridgehead atoms. The SMILES string of the molecule is C=C(O)CCC(=O)N1C2CCC1C(C(=O)OC)C(OC(=O)c1ccccc1)C2. The van der Waals surface area contributed by atoms with Crippen LogP contribution in [0.25, 0.3) is 0 Å². The third kappa shape index (κ3) is 4.03. The molecule has 1 N–H and O–H groups in total. The molecule has 0 aromatic heterocycles. The predicted octanol–water partition coefficient (Wildman–Crippen LogP) is 2.62. The van der Waals surface area contributed by atoms with Gasteiger partial charge < -0.3 is 19.5 Å². The summed E-state index contributed by atoms with van der Waals surface area (Å²) in [6.45, 7) is 3.41. The number of carbonyl (C=O) groups excluding carboxylic acids is 3. The van der Waals surface area contributed by atoms with Gasteiger partial charge in [-0.05, 0) is 25.0 Å². The van der Waals surface area contributed by atoms with E-state index in [-0.39, 0.29) is 36.6 Å². The molecule has 2 saturated heterocycles. The zero-order valence-electron chi connectivity index (χ0n) is 15.9. The van der Waals surface area contributed by atoms with Gasteiger partial charge in [-0.15, -0.1) is 0 Å². The average Bonchev–Trinajstić information content (AvgIpc) is 3.00. The molecule has 0 saturated carbocycles. The van der Waals surface area contributed by atoms with Gasteiger partial charge >= 0.3 is 11.9 Å². The first-order chi connectivity index (χ1) is 13.4. The molecule has 2 aliphatic heterocycles. The average molecular weight is 387 g/mol. The number of fused-ring (bicyclic) bond motifs is 2. The standard InChI is InChI=1S/C21H25NO6/c1-13(23)8-11-18(24)22-15-9-10-16(22)19(21(26)27-2)17(12-15)28-20(25)14-6-4-3-5-7-14/h3-7,15-17,19,23H,1,8-12H2,2H3. The van der Waals surface area contributed by atoms with E-state index >= 15 is 0 Å². The highest BCUT2D eigenvalue weighted by atomic mass is 16.6. The summed E-state index contributed by atoms with van der Waals surface area (Å²) < 4.78 is 10.7. The maximum absolute atomic E-state index is 12.7. The quantitative estimate of drug-likeness (QED) is 0.596. The van der Waals surface area contributed by atoms with Crippen LogP contribution in [0.2, 0.25) is 0 Å². The number of esters is 2. The molecule has 0 aliphatic carbocycles. The smallest absolute Gasteiger partial charge is 0.338 e. The third-order valence-electron chi connectivity index (χ3n) is 5.52. The highest BCUT2D eigenvalue weighted by Crippen LogP contribution is 2.42. The summed E-state index contributed by atoms with van der Waals surface area (Å²) >= 11 is 0. The Kier molecular flexibility index (Phi) is 6.02. The van der Waals surface area contributed by atoms with Gasteiger partial charge in [0.15, 0.2) is 0 Å². The molecule has 0 spiro atoms. The summed E-state index contributed by atoms with van der Waals surface area (Å²) in [5.41, 5.74) is 0.415. The second-order valence-corrected chi connectivity index (χ2v) is 7.26. The lowest BCUT2D eigenvalue weighted by molar-refractivity contribution is -0.160. The van der Waals surface area contributed by atoms with Crippen LogP contribution in [0.15, 0.2) is 42.7 Å². The Morgan fingerprint density at radius 3 is 2.54 bits per heavy atom. The van der Waals surface area contributed by atoms with Crippen LogP contribution in [-0.2, 0) is 19.1 Å². The first kappa shape index (κ1) is 19.9. The van der Waals surface area contributed by atoms with Crippen molar-refractivity contribution >= 4 is 17.8 Å². The molecular formula is C21H25NO6. The fourth-order valence-electron chi connectivity index (χ4n) is 4.27. The number of allylic oxidation sites excluding steroid dienone is 1. The molecule has 3 rings (SSSR count). The lowest BCUT2D eigenvalue weighted by atomic mass is 9.86. The Morgan fingerprint density at radius 2 is 1.89 bits per heavy atom. The van der Waals surface area contributed by atoms with Crippen molar-refractivity contribution in [3.63, 3.8) is 0 Å². The fraction of sp³-hybridized carbons (Fsp3) is 0.476. The molecule has 7 heteroatoms. The number of rotatable bonds is 6. The van der Waals surface area contributed by atoms with Crippen molar-refractivity contribution in [2.45, 2.75) is 50.3 Å². The van der Waals surface area contributed by atoms with E-state index in [9.17, 15) is 19.5 Å². The van der Waals surface area contributed by atoms with E-state index in [2.05, 4.69) is 6.58 Å². The second-order valence-electron chi connectivity index (χ2n) is 7.26. The van der Waals surface area contributed by atoms with E-state index in [0.717, 1.165) is 6.42 Å². The minimum atomic E-state index is -0.724. The van der Waals surface area contributed by atoms with Crippen LogP contribution in [-0.4, -0.2) is 53.1 Å². The summed E-state index contributed by atoms with van der Waals surface area (Å²) in [6.07, 6.45) is 1.45. The van der Waals surface area contributed by atoms with Crippen molar-refractivity contribution < 1.29 is 29.0 Å². The molecule has 2 fully saturated rings. The molecule has 0 radical (unpaired) electrons. The first-order valence-electron chi connectivity index (χ1n) is 9.44. The van der Waals surface area contributed by atoms with Crippen LogP contribution in [0, 0.1) is 5.92 Å². The maximum atomic E-state index is 12.7. The Hall–Kier alpha value is -2.83. The Bertz CT molecular complexity index is 761. The number of nitrogens with zero attached hydrogens (tertiary/aromatic N) is 1. The van der Waals surface area contributed by atoms with Crippen molar-refractivity contribution in [3.8, 4) is 0 Å². The van der Waals surface area contributed by atoms with Crippen LogP contribution in [0.4, 0.5) is 0 Å². The van der Waals surface area contributed by atoms with Gasteiger partial charge in [0.05, 0.1) is 18.4 Å². The van der Waals surface area contributed by atoms with Crippen molar-refractivity contribution in [3.05, 3.63) is 48.2 Å². The van der Waals surface area contributed by atoms with Gasteiger partial charge in [0, 0.05) is 31.3 Å². The molecular weight excluding hydrogens is 362 g/mol. The van der Waals surface area contributed by atoms with Crippen LogP contribution >= 0.6 is 0 Å². The molecule has 1 amide bonds. The number of amides is 1. The lowest BCUT2D eigenvalue weighted by Gasteiger charge is -2.42. The van der Waals surface area contributed by atoms with Crippen molar-refractivity contribution in [2.24, 2.45) is 5.92 Å². The van der Waals surface area contributed by atoms with Gasteiger partial charge in [-0.1, -0.05) is 24.8 Å². The summed E-state index contributed by atoms with van der Waals surface area (Å²) in [7, 11) is 1.29. The third-order valence-corrected chi connectivity index (χ3v) is 5.52. The molecule has 4 unspecified atom stereocenters. The second kappa shape index (κ2) is 8.46. The molecule has 1 aromatic carbocycles. The summed E-state index contributed by atoms with van der Waals surface area (Å²) in [5.74, 6) is -1.88.